The number of ether oxygens (including phenoxy) is 2. The van der Waals surface area contributed by atoms with Gasteiger partial charge in [-0.2, -0.15) is 0 Å². The SMILES string of the molecule is C=CCOC(=O)/C=C(\O)[C@@H]1COC(C)(C)N2C(=O)[C@H]([C@@H](C)O[Si](C)(C)C(C)(C)C)[C@@H]12. The topological polar surface area (TPSA) is 85.3 Å². The Morgan fingerprint density at radius 2 is 2.03 bits per heavy atom. The highest BCUT2D eigenvalue weighted by molar-refractivity contribution is 6.74. The Hall–Kier alpha value is -1.64. The Labute approximate surface area is 181 Å². The van der Waals surface area contributed by atoms with Crippen LogP contribution in [0.25, 0.3) is 0 Å². The molecule has 7 nitrogen and oxygen atoms in total. The lowest BCUT2D eigenvalue weighted by atomic mass is 9.72. The molecule has 1 N–H and O–H groups in total. The van der Waals surface area contributed by atoms with Gasteiger partial charge < -0.3 is 23.9 Å². The largest absolute Gasteiger partial charge is 0.512 e. The molecule has 0 radical (unpaired) electrons. The fraction of sp³-hybridized carbons (Fsp3) is 0.727. The average molecular weight is 440 g/mol. The van der Waals surface area contributed by atoms with Crippen LogP contribution in [0.4, 0.5) is 0 Å². The molecule has 0 unspecified atom stereocenters. The van der Waals surface area contributed by atoms with Crippen LogP contribution < -0.4 is 0 Å². The Kier molecular flexibility index (Phi) is 6.96. The molecule has 170 valence electrons. The molecule has 0 aromatic carbocycles. The maximum atomic E-state index is 13.1. The van der Waals surface area contributed by atoms with E-state index in [0.717, 1.165) is 6.08 Å². The van der Waals surface area contributed by atoms with Crippen molar-refractivity contribution in [1.29, 1.82) is 0 Å². The van der Waals surface area contributed by atoms with Gasteiger partial charge in [-0.1, -0.05) is 33.4 Å². The molecule has 0 aromatic heterocycles. The maximum Gasteiger partial charge on any atom is 0.334 e. The minimum absolute atomic E-state index is 0.0129. The monoisotopic (exact) mass is 439 g/mol. The van der Waals surface area contributed by atoms with Crippen molar-refractivity contribution in [3.8, 4) is 0 Å². The zero-order chi connectivity index (χ0) is 23.1. The van der Waals surface area contributed by atoms with Gasteiger partial charge in [0.15, 0.2) is 8.32 Å². The van der Waals surface area contributed by atoms with Gasteiger partial charge in [0.2, 0.25) is 5.91 Å². The van der Waals surface area contributed by atoms with Crippen molar-refractivity contribution >= 4 is 20.2 Å². The summed E-state index contributed by atoms with van der Waals surface area (Å²) in [6.45, 7) is 20.1. The van der Waals surface area contributed by atoms with E-state index in [9.17, 15) is 14.7 Å². The fourth-order valence-corrected chi connectivity index (χ4v) is 5.34. The lowest BCUT2D eigenvalue weighted by Gasteiger charge is -2.61. The van der Waals surface area contributed by atoms with Crippen molar-refractivity contribution in [2.75, 3.05) is 13.2 Å². The van der Waals surface area contributed by atoms with Gasteiger partial charge in [-0.15, -0.1) is 0 Å². The molecule has 0 bridgehead atoms. The number of fused-ring (bicyclic) bond motifs is 1. The number of hydrogen-bond donors (Lipinski definition) is 1. The molecule has 0 aliphatic carbocycles. The van der Waals surface area contributed by atoms with Crippen LogP contribution in [0.1, 0.15) is 41.5 Å². The van der Waals surface area contributed by atoms with Crippen molar-refractivity contribution in [3.63, 3.8) is 0 Å². The number of aliphatic hydroxyl groups is 1. The molecule has 1 amide bonds. The van der Waals surface area contributed by atoms with Crippen molar-refractivity contribution in [3.05, 3.63) is 24.5 Å². The zero-order valence-electron chi connectivity index (χ0n) is 19.5. The summed E-state index contributed by atoms with van der Waals surface area (Å²) >= 11 is 0. The number of amides is 1. The number of esters is 1. The highest BCUT2D eigenvalue weighted by Crippen LogP contribution is 2.48. The van der Waals surface area contributed by atoms with E-state index in [4.69, 9.17) is 13.9 Å². The minimum Gasteiger partial charge on any atom is -0.512 e. The molecule has 4 atom stereocenters. The number of rotatable bonds is 7. The second-order valence-electron chi connectivity index (χ2n) is 10.2. The lowest BCUT2D eigenvalue weighted by Crippen LogP contribution is -2.76. The molecule has 0 spiro atoms. The van der Waals surface area contributed by atoms with Crippen LogP contribution in [0.15, 0.2) is 24.5 Å². The highest BCUT2D eigenvalue weighted by Gasteiger charge is 2.62. The second-order valence-corrected chi connectivity index (χ2v) is 14.9. The smallest absolute Gasteiger partial charge is 0.334 e. The molecule has 8 heteroatoms. The Balaban J connectivity index is 2.28. The van der Waals surface area contributed by atoms with Gasteiger partial charge in [-0.25, -0.2) is 4.79 Å². The molecule has 0 aromatic rings. The van der Waals surface area contributed by atoms with Crippen molar-refractivity contribution < 1.29 is 28.6 Å². The summed E-state index contributed by atoms with van der Waals surface area (Å²) in [6, 6.07) is -0.315. The van der Waals surface area contributed by atoms with E-state index in [1.807, 2.05) is 20.8 Å². The number of carbonyl (C=O) groups is 2. The van der Waals surface area contributed by atoms with Gasteiger partial charge in [0.05, 0.1) is 36.7 Å². The van der Waals surface area contributed by atoms with E-state index < -0.39 is 31.8 Å². The molecule has 2 aliphatic heterocycles. The summed E-state index contributed by atoms with van der Waals surface area (Å²) in [6.07, 6.45) is 2.21. The summed E-state index contributed by atoms with van der Waals surface area (Å²) in [4.78, 5) is 26.7. The van der Waals surface area contributed by atoms with Crippen molar-refractivity contribution in [2.45, 2.75) is 77.5 Å². The van der Waals surface area contributed by atoms with Crippen LogP contribution in [0.2, 0.25) is 18.1 Å². The lowest BCUT2D eigenvalue weighted by molar-refractivity contribution is -0.254. The van der Waals surface area contributed by atoms with Gasteiger partial charge in [0.1, 0.15) is 18.1 Å². The van der Waals surface area contributed by atoms with Crippen molar-refractivity contribution in [1.82, 2.24) is 4.90 Å². The van der Waals surface area contributed by atoms with Gasteiger partial charge >= 0.3 is 5.97 Å². The summed E-state index contributed by atoms with van der Waals surface area (Å²) < 4.78 is 17.3. The van der Waals surface area contributed by atoms with E-state index in [1.165, 1.54) is 6.08 Å². The summed E-state index contributed by atoms with van der Waals surface area (Å²) in [5, 5.41) is 10.7. The summed E-state index contributed by atoms with van der Waals surface area (Å²) in [5.41, 5.74) is -0.783. The summed E-state index contributed by atoms with van der Waals surface area (Å²) in [7, 11) is -2.09. The molecule has 2 aliphatic rings. The van der Waals surface area contributed by atoms with E-state index in [-0.39, 0.29) is 42.1 Å². The van der Waals surface area contributed by atoms with E-state index in [2.05, 4.69) is 40.4 Å². The molecular formula is C22H37NO6Si. The van der Waals surface area contributed by atoms with Crippen LogP contribution in [0, 0.1) is 11.8 Å². The van der Waals surface area contributed by atoms with E-state index >= 15 is 0 Å². The number of β-lactam (4-membered cyclic amide) rings is 1. The van der Waals surface area contributed by atoms with Gasteiger partial charge in [-0.05, 0) is 38.9 Å². The molecule has 0 saturated carbocycles. The fourth-order valence-electron chi connectivity index (χ4n) is 3.91. The van der Waals surface area contributed by atoms with Crippen LogP contribution in [0.3, 0.4) is 0 Å². The Morgan fingerprint density at radius 3 is 2.57 bits per heavy atom. The minimum atomic E-state index is -2.09. The Bertz CT molecular complexity index is 724. The first-order chi connectivity index (χ1) is 13.6. The molecule has 2 saturated heterocycles. The predicted molar refractivity (Wildman–Crippen MR) is 117 cm³/mol. The third-order valence-corrected chi connectivity index (χ3v) is 11.2. The Morgan fingerprint density at radius 1 is 1.43 bits per heavy atom. The standard InChI is InChI=1S/C22H37NO6Si/c1-10-11-27-17(25)12-16(24)15-13-28-22(6,7)23-19(15)18(20(23)26)14(2)29-30(8,9)21(3,4)5/h10,12,14-15,18-19,24H,1,11,13H2,2-9H3/b16-12-/t14-,15+,18-,19-/m1/s1. The molecular weight excluding hydrogens is 402 g/mol. The number of nitrogens with zero attached hydrogens (tertiary/aromatic N) is 1. The molecule has 2 fully saturated rings. The van der Waals surface area contributed by atoms with Crippen molar-refractivity contribution in [2.24, 2.45) is 11.8 Å². The van der Waals surface area contributed by atoms with Crippen LogP contribution >= 0.6 is 0 Å². The second kappa shape index (κ2) is 8.47. The van der Waals surface area contributed by atoms with Gasteiger partial charge in [-0.3, -0.25) is 4.79 Å². The maximum absolute atomic E-state index is 13.1. The van der Waals surface area contributed by atoms with E-state index in [0.29, 0.717) is 0 Å². The van der Waals surface area contributed by atoms with Gasteiger partial charge in [0.25, 0.3) is 0 Å². The summed E-state index contributed by atoms with van der Waals surface area (Å²) in [5.74, 6) is -1.79. The molecule has 2 heterocycles. The molecule has 30 heavy (non-hydrogen) atoms. The van der Waals surface area contributed by atoms with Gasteiger partial charge in [0, 0.05) is 0 Å². The predicted octanol–water partition coefficient (Wildman–Crippen LogP) is 3.78. The zero-order valence-corrected chi connectivity index (χ0v) is 20.5. The first kappa shape index (κ1) is 24.6. The molecule has 2 rings (SSSR count). The average Bonchev–Trinajstić information content (AvgIpc) is 2.56. The van der Waals surface area contributed by atoms with Crippen LogP contribution in [-0.4, -0.2) is 61.3 Å². The quantitative estimate of drug-likeness (QED) is 0.162. The van der Waals surface area contributed by atoms with Crippen LogP contribution in [0.5, 0.6) is 0 Å². The number of carbonyl (C=O) groups excluding carboxylic acids is 2. The normalized spacial score (nSPS) is 27.7. The third-order valence-electron chi connectivity index (χ3n) is 6.58. The number of hydrogen-bond acceptors (Lipinski definition) is 6. The highest BCUT2D eigenvalue weighted by atomic mass is 28.4. The van der Waals surface area contributed by atoms with Crippen LogP contribution in [-0.2, 0) is 23.5 Å². The third kappa shape index (κ3) is 4.65. The first-order valence-corrected chi connectivity index (χ1v) is 13.4. The van der Waals surface area contributed by atoms with E-state index in [1.54, 1.807) is 4.90 Å². The number of aliphatic hydroxyl groups excluding tert-OH is 1. The first-order valence-electron chi connectivity index (χ1n) is 10.5.